The molecule has 158 valence electrons. The topological polar surface area (TPSA) is 51.7 Å². The molecule has 0 saturated heterocycles. The minimum Gasteiger partial charge on any atom is -0.493 e. The molecule has 0 N–H and O–H groups in total. The predicted molar refractivity (Wildman–Crippen MR) is 107 cm³/mol. The molecule has 2 aromatic carbocycles. The van der Waals surface area contributed by atoms with Gasteiger partial charge in [0, 0.05) is 24.7 Å². The van der Waals surface area contributed by atoms with Crippen LogP contribution in [0.4, 0.5) is 13.2 Å². The zero-order valence-corrected chi connectivity index (χ0v) is 16.8. The predicted octanol–water partition coefficient (Wildman–Crippen LogP) is 4.93. The summed E-state index contributed by atoms with van der Waals surface area (Å²) in [7, 11) is 2.99. The zero-order valence-electron chi connectivity index (χ0n) is 16.8. The van der Waals surface area contributed by atoms with Crippen LogP contribution in [-0.2, 0) is 12.7 Å². The average Bonchev–Trinajstić information content (AvgIpc) is 2.75. The van der Waals surface area contributed by atoms with Crippen molar-refractivity contribution in [2.24, 2.45) is 0 Å². The lowest BCUT2D eigenvalue weighted by atomic mass is 10.0. The van der Waals surface area contributed by atoms with Crippen LogP contribution in [0.5, 0.6) is 11.5 Å². The van der Waals surface area contributed by atoms with Crippen molar-refractivity contribution in [3.63, 3.8) is 0 Å². The van der Waals surface area contributed by atoms with Crippen LogP contribution in [-0.4, -0.2) is 36.6 Å². The van der Waals surface area contributed by atoms with Crippen LogP contribution in [0.15, 0.2) is 48.7 Å². The van der Waals surface area contributed by atoms with Gasteiger partial charge < -0.3 is 14.4 Å². The lowest BCUT2D eigenvalue weighted by Gasteiger charge is -2.24. The van der Waals surface area contributed by atoms with Gasteiger partial charge in [0.15, 0.2) is 11.5 Å². The van der Waals surface area contributed by atoms with Gasteiger partial charge in [0.05, 0.1) is 30.9 Å². The SMILES string of the molecule is CCN(Cc1ccc(OC)c(OC)c1)C(=O)c1cnc2ccccc2c1C(F)(F)F. The van der Waals surface area contributed by atoms with E-state index in [0.29, 0.717) is 17.1 Å². The van der Waals surface area contributed by atoms with E-state index in [1.54, 1.807) is 31.2 Å². The van der Waals surface area contributed by atoms with Crippen LogP contribution in [0.3, 0.4) is 0 Å². The summed E-state index contributed by atoms with van der Waals surface area (Å²) >= 11 is 0. The van der Waals surface area contributed by atoms with E-state index < -0.39 is 23.2 Å². The Morgan fingerprint density at radius 1 is 1.07 bits per heavy atom. The van der Waals surface area contributed by atoms with Crippen LogP contribution in [0.1, 0.15) is 28.4 Å². The second kappa shape index (κ2) is 8.61. The van der Waals surface area contributed by atoms with Crippen LogP contribution >= 0.6 is 0 Å². The smallest absolute Gasteiger partial charge is 0.417 e. The molecular formula is C22H21F3N2O3. The minimum absolute atomic E-state index is 0.0991. The minimum atomic E-state index is -4.70. The molecule has 1 aromatic heterocycles. The Morgan fingerprint density at radius 3 is 2.40 bits per heavy atom. The van der Waals surface area contributed by atoms with Crippen LogP contribution in [0.25, 0.3) is 10.9 Å². The Bertz CT molecular complexity index is 1070. The number of alkyl halides is 3. The number of carbonyl (C=O) groups excluding carboxylic acids is 1. The van der Waals surface area contributed by atoms with E-state index in [-0.39, 0.29) is 24.0 Å². The van der Waals surface area contributed by atoms with E-state index in [1.165, 1.54) is 37.3 Å². The van der Waals surface area contributed by atoms with E-state index in [2.05, 4.69) is 4.98 Å². The van der Waals surface area contributed by atoms with Crippen molar-refractivity contribution in [2.45, 2.75) is 19.6 Å². The van der Waals surface area contributed by atoms with Crippen LogP contribution < -0.4 is 9.47 Å². The van der Waals surface area contributed by atoms with Gasteiger partial charge in [0.1, 0.15) is 0 Å². The third-order valence-corrected chi connectivity index (χ3v) is 4.78. The summed E-state index contributed by atoms with van der Waals surface area (Å²) in [5, 5.41) is -0.0991. The number of methoxy groups -OCH3 is 2. The second-order valence-corrected chi connectivity index (χ2v) is 6.57. The number of pyridine rings is 1. The number of carbonyl (C=O) groups is 1. The summed E-state index contributed by atoms with van der Waals surface area (Å²) in [4.78, 5) is 18.5. The molecule has 0 aliphatic heterocycles. The fourth-order valence-corrected chi connectivity index (χ4v) is 3.31. The van der Waals surface area contributed by atoms with Gasteiger partial charge in [-0.25, -0.2) is 0 Å². The van der Waals surface area contributed by atoms with E-state index >= 15 is 0 Å². The summed E-state index contributed by atoms with van der Waals surface area (Å²) in [6.07, 6.45) is -3.69. The summed E-state index contributed by atoms with van der Waals surface area (Å²) in [6.45, 7) is 2.04. The van der Waals surface area contributed by atoms with Crippen molar-refractivity contribution in [1.82, 2.24) is 9.88 Å². The summed E-state index contributed by atoms with van der Waals surface area (Å²) in [6, 6.07) is 11.0. The van der Waals surface area contributed by atoms with Gasteiger partial charge in [0.25, 0.3) is 5.91 Å². The Kier molecular flexibility index (Phi) is 6.14. The Morgan fingerprint density at radius 2 is 1.77 bits per heavy atom. The number of benzene rings is 2. The molecule has 3 rings (SSSR count). The molecule has 0 spiro atoms. The van der Waals surface area contributed by atoms with Crippen molar-refractivity contribution in [1.29, 1.82) is 0 Å². The molecule has 5 nitrogen and oxygen atoms in total. The third kappa shape index (κ3) is 4.17. The van der Waals surface area contributed by atoms with Crippen LogP contribution in [0.2, 0.25) is 0 Å². The molecule has 1 amide bonds. The van der Waals surface area contributed by atoms with E-state index in [1.807, 2.05) is 0 Å². The standard InChI is InChI=1S/C22H21F3N2O3/c1-4-27(13-14-9-10-18(29-2)19(11-14)30-3)21(28)16-12-26-17-8-6-5-7-15(17)20(16)22(23,24)25/h5-12H,4,13H2,1-3H3. The molecule has 0 saturated carbocycles. The molecule has 0 atom stereocenters. The first-order valence-electron chi connectivity index (χ1n) is 9.25. The largest absolute Gasteiger partial charge is 0.493 e. The monoisotopic (exact) mass is 418 g/mol. The first kappa shape index (κ1) is 21.4. The van der Waals surface area contributed by atoms with E-state index in [9.17, 15) is 18.0 Å². The lowest BCUT2D eigenvalue weighted by molar-refractivity contribution is -0.136. The highest BCUT2D eigenvalue weighted by molar-refractivity contribution is 6.00. The van der Waals surface area contributed by atoms with Gasteiger partial charge in [-0.1, -0.05) is 24.3 Å². The Balaban J connectivity index is 2.01. The highest BCUT2D eigenvalue weighted by Gasteiger charge is 2.38. The molecular weight excluding hydrogens is 397 g/mol. The molecule has 0 radical (unpaired) electrons. The summed E-state index contributed by atoms with van der Waals surface area (Å²) in [5.74, 6) is 0.258. The number of fused-ring (bicyclic) bond motifs is 1. The van der Waals surface area contributed by atoms with Gasteiger partial charge in [0.2, 0.25) is 0 Å². The number of para-hydroxylation sites is 1. The lowest BCUT2D eigenvalue weighted by Crippen LogP contribution is -2.32. The molecule has 3 aromatic rings. The summed E-state index contributed by atoms with van der Waals surface area (Å²) < 4.78 is 52.1. The van der Waals surface area contributed by atoms with Gasteiger partial charge in [-0.3, -0.25) is 9.78 Å². The number of halogens is 3. The Hall–Kier alpha value is -3.29. The number of hydrogen-bond donors (Lipinski definition) is 0. The number of hydrogen-bond acceptors (Lipinski definition) is 4. The molecule has 0 fully saturated rings. The van der Waals surface area contributed by atoms with Crippen molar-refractivity contribution in [3.8, 4) is 11.5 Å². The van der Waals surface area contributed by atoms with Crippen molar-refractivity contribution in [3.05, 3.63) is 65.4 Å². The quantitative estimate of drug-likeness (QED) is 0.570. The van der Waals surface area contributed by atoms with Crippen LogP contribution in [0, 0.1) is 0 Å². The number of rotatable bonds is 6. The number of nitrogens with zero attached hydrogens (tertiary/aromatic N) is 2. The third-order valence-electron chi connectivity index (χ3n) is 4.78. The van der Waals surface area contributed by atoms with Crippen molar-refractivity contribution < 1.29 is 27.4 Å². The highest BCUT2D eigenvalue weighted by atomic mass is 19.4. The summed E-state index contributed by atoms with van der Waals surface area (Å²) in [5.41, 5.74) is -0.554. The first-order valence-corrected chi connectivity index (χ1v) is 9.25. The number of aromatic nitrogens is 1. The molecule has 0 unspecified atom stereocenters. The van der Waals surface area contributed by atoms with Crippen molar-refractivity contribution in [2.75, 3.05) is 20.8 Å². The molecule has 8 heteroatoms. The average molecular weight is 418 g/mol. The maximum atomic E-state index is 13.9. The maximum absolute atomic E-state index is 13.9. The van der Waals surface area contributed by atoms with Gasteiger partial charge in [-0.15, -0.1) is 0 Å². The fraction of sp³-hybridized carbons (Fsp3) is 0.273. The van der Waals surface area contributed by atoms with Crippen molar-refractivity contribution >= 4 is 16.8 Å². The normalized spacial score (nSPS) is 11.4. The molecule has 0 aliphatic rings. The van der Waals surface area contributed by atoms with Gasteiger partial charge in [-0.05, 0) is 30.7 Å². The second-order valence-electron chi connectivity index (χ2n) is 6.57. The molecule has 30 heavy (non-hydrogen) atoms. The maximum Gasteiger partial charge on any atom is 0.417 e. The zero-order chi connectivity index (χ0) is 21.9. The van der Waals surface area contributed by atoms with E-state index in [4.69, 9.17) is 9.47 Å². The first-order chi connectivity index (χ1) is 14.3. The Labute approximate surface area is 172 Å². The fourth-order valence-electron chi connectivity index (χ4n) is 3.31. The van der Waals surface area contributed by atoms with Gasteiger partial charge >= 0.3 is 6.18 Å². The number of ether oxygens (including phenoxy) is 2. The number of amides is 1. The molecule has 0 bridgehead atoms. The highest BCUT2D eigenvalue weighted by Crippen LogP contribution is 2.37. The van der Waals surface area contributed by atoms with E-state index in [0.717, 1.165) is 6.20 Å². The molecule has 1 heterocycles. The van der Waals surface area contributed by atoms with Gasteiger partial charge in [-0.2, -0.15) is 13.2 Å². The molecule has 0 aliphatic carbocycles.